The van der Waals surface area contributed by atoms with E-state index in [1.54, 1.807) is 18.2 Å². The van der Waals surface area contributed by atoms with Crippen molar-refractivity contribution >= 4 is 7.37 Å². The van der Waals surface area contributed by atoms with Gasteiger partial charge in [0.2, 0.25) is 7.37 Å². The van der Waals surface area contributed by atoms with Crippen molar-refractivity contribution in [3.63, 3.8) is 0 Å². The highest BCUT2D eigenvalue weighted by atomic mass is 31.2. The maximum Gasteiger partial charge on any atom is 0.237 e. The van der Waals surface area contributed by atoms with Gasteiger partial charge in [-0.3, -0.25) is 4.57 Å². The third-order valence-corrected chi connectivity index (χ3v) is 7.20. The van der Waals surface area contributed by atoms with Gasteiger partial charge in [-0.05, 0) is 67.4 Å². The van der Waals surface area contributed by atoms with E-state index in [4.69, 9.17) is 14.2 Å². The average Bonchev–Trinajstić information content (AvgIpc) is 2.93. The first-order chi connectivity index (χ1) is 18.3. The fraction of sp³-hybridized carbons (Fsp3) is 0.357. The quantitative estimate of drug-likeness (QED) is 0.127. The molecule has 3 aromatic rings. The minimum atomic E-state index is -3.42. The number of phenols is 1. The number of hydrogen-bond acceptors (Lipinski definition) is 8. The Hall–Kier alpha value is -3.07. The zero-order chi connectivity index (χ0) is 27.2. The topological polar surface area (TPSA) is 138 Å². The predicted molar refractivity (Wildman–Crippen MR) is 145 cm³/mol. The molecule has 0 heterocycles. The molecule has 0 spiro atoms. The molecule has 10 heteroatoms. The van der Waals surface area contributed by atoms with Crippen molar-refractivity contribution in [3.8, 4) is 23.0 Å². The van der Waals surface area contributed by atoms with Crippen LogP contribution in [0.2, 0.25) is 0 Å². The molecule has 0 aliphatic rings. The number of rotatable bonds is 17. The van der Waals surface area contributed by atoms with Crippen LogP contribution in [-0.2, 0) is 17.6 Å². The van der Waals surface area contributed by atoms with Crippen molar-refractivity contribution < 1.29 is 39.0 Å². The largest absolute Gasteiger partial charge is 0.508 e. The van der Waals surface area contributed by atoms with Gasteiger partial charge in [-0.15, -0.1) is 0 Å². The molecule has 3 rings (SSSR count). The second kappa shape index (κ2) is 15.4. The van der Waals surface area contributed by atoms with Gasteiger partial charge in [0.25, 0.3) is 0 Å². The Kier molecular flexibility index (Phi) is 11.9. The molecule has 3 aromatic carbocycles. The lowest BCUT2D eigenvalue weighted by atomic mass is 10.1. The van der Waals surface area contributed by atoms with Crippen molar-refractivity contribution in [3.05, 3.63) is 83.9 Å². The second-order valence-corrected chi connectivity index (χ2v) is 11.3. The maximum absolute atomic E-state index is 12.4. The third-order valence-electron chi connectivity index (χ3n) is 5.65. The summed E-state index contributed by atoms with van der Waals surface area (Å²) in [6.07, 6.45) is 0.339. The highest BCUT2D eigenvalue weighted by Crippen LogP contribution is 2.41. The van der Waals surface area contributed by atoms with Crippen molar-refractivity contribution in [1.29, 1.82) is 0 Å². The molecule has 0 bridgehead atoms. The lowest BCUT2D eigenvalue weighted by molar-refractivity contribution is 0.106. The monoisotopic (exact) mass is 545 g/mol. The fourth-order valence-electron chi connectivity index (χ4n) is 3.54. The van der Waals surface area contributed by atoms with Crippen LogP contribution in [-0.4, -0.2) is 65.1 Å². The Morgan fingerprint density at radius 3 is 2.34 bits per heavy atom. The summed E-state index contributed by atoms with van der Waals surface area (Å²) < 4.78 is 29.0. The molecule has 0 saturated carbocycles. The summed E-state index contributed by atoms with van der Waals surface area (Å²) in [6, 6.07) is 21.2. The van der Waals surface area contributed by atoms with E-state index >= 15 is 0 Å². The Morgan fingerprint density at radius 2 is 1.61 bits per heavy atom. The molecule has 9 nitrogen and oxygen atoms in total. The molecule has 0 radical (unpaired) electrons. The van der Waals surface area contributed by atoms with Gasteiger partial charge in [0.15, 0.2) is 6.35 Å². The van der Waals surface area contributed by atoms with E-state index < -0.39 is 13.5 Å². The van der Waals surface area contributed by atoms with E-state index in [2.05, 4.69) is 5.32 Å². The standard InChI is InChI=1S/C28H36NO8P/c30-19-23-17-27(11-12-28(23)32)36-20-24(31)18-29-14-13-22-7-9-26(10-8-22)37-21-38(33,34)16-4-15-35-25-5-2-1-3-6-25/h1-3,5-12,17,24,29-32H,4,13-16,18-21H2,(H,33,34)/t24-/m0/s1. The van der Waals surface area contributed by atoms with Crippen molar-refractivity contribution in [1.82, 2.24) is 5.32 Å². The summed E-state index contributed by atoms with van der Waals surface area (Å²) in [6.45, 7) is 1.12. The molecule has 0 saturated heterocycles. The average molecular weight is 546 g/mol. The van der Waals surface area contributed by atoms with Crippen LogP contribution >= 0.6 is 7.37 Å². The lowest BCUT2D eigenvalue weighted by Crippen LogP contribution is -2.32. The number of aromatic hydroxyl groups is 1. The summed E-state index contributed by atoms with van der Waals surface area (Å²) in [5.74, 6) is 1.72. The minimum absolute atomic E-state index is 0.00394. The van der Waals surface area contributed by atoms with Crippen LogP contribution in [0.4, 0.5) is 0 Å². The smallest absolute Gasteiger partial charge is 0.237 e. The second-order valence-electron chi connectivity index (χ2n) is 8.87. The molecule has 0 aliphatic carbocycles. The van der Waals surface area contributed by atoms with Gasteiger partial charge in [-0.2, -0.15) is 0 Å². The van der Waals surface area contributed by atoms with Crippen molar-refractivity contribution in [2.75, 3.05) is 38.8 Å². The van der Waals surface area contributed by atoms with E-state index in [9.17, 15) is 24.8 Å². The number of hydrogen-bond donors (Lipinski definition) is 5. The molecular formula is C28H36NO8P. The van der Waals surface area contributed by atoms with Gasteiger partial charge in [-0.1, -0.05) is 30.3 Å². The van der Waals surface area contributed by atoms with Crippen molar-refractivity contribution in [2.45, 2.75) is 25.6 Å². The first-order valence-corrected chi connectivity index (χ1v) is 14.5. The molecule has 38 heavy (non-hydrogen) atoms. The van der Waals surface area contributed by atoms with Crippen LogP contribution in [0.5, 0.6) is 23.0 Å². The van der Waals surface area contributed by atoms with E-state index in [-0.39, 0.29) is 31.5 Å². The van der Waals surface area contributed by atoms with Gasteiger partial charge in [0.05, 0.1) is 13.2 Å². The number of nitrogens with one attached hydrogen (secondary N) is 1. The van der Waals surface area contributed by atoms with Crippen LogP contribution in [0.15, 0.2) is 72.8 Å². The molecule has 0 aromatic heterocycles. The number of aliphatic hydroxyl groups is 2. The van der Waals surface area contributed by atoms with E-state index in [1.165, 1.54) is 12.1 Å². The Balaban J connectivity index is 1.28. The van der Waals surface area contributed by atoms with Crippen molar-refractivity contribution in [2.24, 2.45) is 0 Å². The molecule has 0 aliphatic heterocycles. The summed E-state index contributed by atoms with van der Waals surface area (Å²) in [4.78, 5) is 10.2. The van der Waals surface area contributed by atoms with Crippen LogP contribution in [0.25, 0.3) is 0 Å². The van der Waals surface area contributed by atoms with E-state index in [1.807, 2.05) is 42.5 Å². The van der Waals surface area contributed by atoms with Crippen LogP contribution < -0.4 is 19.5 Å². The normalized spacial score (nSPS) is 13.4. The molecule has 2 atom stereocenters. The summed E-state index contributed by atoms with van der Waals surface area (Å²) in [5.41, 5.74) is 1.42. The zero-order valence-corrected chi connectivity index (χ0v) is 22.1. The molecule has 0 fully saturated rings. The number of ether oxygens (including phenoxy) is 3. The maximum atomic E-state index is 12.4. The molecule has 5 N–H and O–H groups in total. The zero-order valence-electron chi connectivity index (χ0n) is 21.2. The Labute approximate surface area is 223 Å². The third kappa shape index (κ3) is 10.7. The Morgan fingerprint density at radius 1 is 0.895 bits per heavy atom. The summed E-state index contributed by atoms with van der Waals surface area (Å²) in [5, 5.41) is 32.1. The van der Waals surface area contributed by atoms with Crippen LogP contribution in [0, 0.1) is 0 Å². The van der Waals surface area contributed by atoms with Crippen LogP contribution in [0.3, 0.4) is 0 Å². The first-order valence-electron chi connectivity index (χ1n) is 12.5. The highest BCUT2D eigenvalue weighted by Gasteiger charge is 2.19. The predicted octanol–water partition coefficient (Wildman–Crippen LogP) is 3.53. The molecule has 0 amide bonds. The van der Waals surface area contributed by atoms with Gasteiger partial charge >= 0.3 is 0 Å². The van der Waals surface area contributed by atoms with E-state index in [0.717, 1.165) is 17.7 Å². The summed E-state index contributed by atoms with van der Waals surface area (Å²) in [7, 11) is -3.42. The van der Waals surface area contributed by atoms with Gasteiger partial charge in [0.1, 0.15) is 35.7 Å². The lowest BCUT2D eigenvalue weighted by Gasteiger charge is -2.15. The Bertz CT molecular complexity index is 1140. The molecule has 206 valence electrons. The van der Waals surface area contributed by atoms with E-state index in [0.29, 0.717) is 43.2 Å². The molecule has 1 unspecified atom stereocenters. The van der Waals surface area contributed by atoms with Gasteiger partial charge < -0.3 is 39.7 Å². The van der Waals surface area contributed by atoms with Crippen LogP contribution in [0.1, 0.15) is 17.5 Å². The first kappa shape index (κ1) is 29.5. The number of aliphatic hydroxyl groups excluding tert-OH is 2. The summed E-state index contributed by atoms with van der Waals surface area (Å²) >= 11 is 0. The minimum Gasteiger partial charge on any atom is -0.508 e. The molecular weight excluding hydrogens is 509 g/mol. The number of benzene rings is 3. The van der Waals surface area contributed by atoms with Gasteiger partial charge in [0, 0.05) is 18.3 Å². The SMILES string of the molecule is O=P(O)(CCCOc1ccccc1)COc1ccc(CCNC[C@H](O)COc2ccc(O)c(CO)c2)cc1. The number of para-hydroxylation sites is 1. The highest BCUT2D eigenvalue weighted by molar-refractivity contribution is 7.57. The fourth-order valence-corrected chi connectivity index (χ4v) is 4.64. The van der Waals surface area contributed by atoms with Gasteiger partial charge in [-0.25, -0.2) is 0 Å².